The summed E-state index contributed by atoms with van der Waals surface area (Å²) >= 11 is 1.61. The van der Waals surface area contributed by atoms with Crippen molar-refractivity contribution in [3.8, 4) is 0 Å². The van der Waals surface area contributed by atoms with E-state index in [1.165, 1.54) is 12.1 Å². The lowest BCUT2D eigenvalue weighted by atomic mass is 10.1. The van der Waals surface area contributed by atoms with Gasteiger partial charge in [0.15, 0.2) is 0 Å². The van der Waals surface area contributed by atoms with E-state index < -0.39 is 16.1 Å². The van der Waals surface area contributed by atoms with Crippen LogP contribution < -0.4 is 15.8 Å². The molecule has 0 bridgehead atoms. The monoisotopic (exact) mass is 449 g/mol. The number of primary sulfonamides is 1. The predicted molar refractivity (Wildman–Crippen MR) is 120 cm³/mol. The van der Waals surface area contributed by atoms with Gasteiger partial charge < -0.3 is 10.6 Å². The van der Waals surface area contributed by atoms with Crippen LogP contribution in [-0.2, 0) is 21.2 Å². The molecule has 0 saturated carbocycles. The Bertz CT molecular complexity index is 976. The van der Waals surface area contributed by atoms with Crippen LogP contribution in [0.1, 0.15) is 27.9 Å². The summed E-state index contributed by atoms with van der Waals surface area (Å²) in [6.45, 7) is 2.27. The first kappa shape index (κ1) is 23.9. The molecule has 2 aromatic rings. The normalized spacial score (nSPS) is 12.2. The summed E-state index contributed by atoms with van der Waals surface area (Å²) in [6.07, 6.45) is 2.99. The van der Waals surface area contributed by atoms with Gasteiger partial charge in [-0.25, -0.2) is 13.6 Å². The zero-order valence-corrected chi connectivity index (χ0v) is 18.7. The standard InChI is InChI=1S/C21H27N3O4S2/c1-15-4-3-5-17(14-15)20(25)24-19(11-13-29-2)21(26)23-12-10-16-6-8-18(9-7-16)30(22,27)28/h3-9,14,19H,10-13H2,1-2H3,(H,23,26)(H,24,25)(H2,22,27,28). The minimum absolute atomic E-state index is 0.0475. The maximum absolute atomic E-state index is 12.6. The van der Waals surface area contributed by atoms with Gasteiger partial charge in [-0.3, -0.25) is 9.59 Å². The minimum Gasteiger partial charge on any atom is -0.354 e. The molecule has 0 spiro atoms. The molecule has 4 N–H and O–H groups in total. The van der Waals surface area contributed by atoms with Crippen LogP contribution in [0.25, 0.3) is 0 Å². The minimum atomic E-state index is -3.72. The molecule has 0 aliphatic rings. The van der Waals surface area contributed by atoms with Gasteiger partial charge in [-0.1, -0.05) is 29.8 Å². The Morgan fingerprint density at radius 2 is 1.83 bits per heavy atom. The zero-order chi connectivity index (χ0) is 22.1. The average molecular weight is 450 g/mol. The Balaban J connectivity index is 1.93. The van der Waals surface area contributed by atoms with Crippen LogP contribution in [0.3, 0.4) is 0 Å². The van der Waals surface area contributed by atoms with E-state index in [2.05, 4.69) is 10.6 Å². The van der Waals surface area contributed by atoms with Crippen molar-refractivity contribution in [1.82, 2.24) is 10.6 Å². The van der Waals surface area contributed by atoms with Gasteiger partial charge in [-0.05, 0) is 61.6 Å². The first-order valence-corrected chi connectivity index (χ1v) is 12.4. The number of benzene rings is 2. The number of nitrogens with one attached hydrogen (secondary N) is 2. The molecule has 30 heavy (non-hydrogen) atoms. The Kier molecular flexibility index (Phi) is 8.88. The number of amides is 2. The van der Waals surface area contributed by atoms with Gasteiger partial charge in [-0.2, -0.15) is 11.8 Å². The molecule has 1 atom stereocenters. The Morgan fingerprint density at radius 3 is 2.43 bits per heavy atom. The fraction of sp³-hybridized carbons (Fsp3) is 0.333. The Labute approximate surface area is 181 Å². The van der Waals surface area contributed by atoms with Crippen LogP contribution in [0.2, 0.25) is 0 Å². The van der Waals surface area contributed by atoms with Crippen LogP contribution >= 0.6 is 11.8 Å². The van der Waals surface area contributed by atoms with E-state index in [1.807, 2.05) is 25.3 Å². The third-order valence-corrected chi connectivity index (χ3v) is 6.05. The van der Waals surface area contributed by atoms with E-state index in [-0.39, 0.29) is 16.7 Å². The zero-order valence-electron chi connectivity index (χ0n) is 17.1. The summed E-state index contributed by atoms with van der Waals surface area (Å²) in [5.41, 5.74) is 2.36. The molecule has 9 heteroatoms. The molecule has 1 unspecified atom stereocenters. The maximum Gasteiger partial charge on any atom is 0.251 e. The summed E-state index contributed by atoms with van der Waals surface area (Å²) in [5.74, 6) is 0.214. The summed E-state index contributed by atoms with van der Waals surface area (Å²) in [5, 5.41) is 10.8. The van der Waals surface area contributed by atoms with Crippen LogP contribution in [0.4, 0.5) is 0 Å². The molecule has 0 aliphatic carbocycles. The molecule has 0 aliphatic heterocycles. The number of hydrogen-bond acceptors (Lipinski definition) is 5. The van der Waals surface area contributed by atoms with Crippen molar-refractivity contribution in [3.63, 3.8) is 0 Å². The molecule has 2 amide bonds. The van der Waals surface area contributed by atoms with Crippen molar-refractivity contribution in [2.45, 2.75) is 30.7 Å². The van der Waals surface area contributed by atoms with Gasteiger partial charge in [0.25, 0.3) is 5.91 Å². The van der Waals surface area contributed by atoms with E-state index in [9.17, 15) is 18.0 Å². The molecule has 2 aromatic carbocycles. The van der Waals surface area contributed by atoms with Crippen LogP contribution in [0, 0.1) is 6.92 Å². The highest BCUT2D eigenvalue weighted by Gasteiger charge is 2.21. The Hall–Kier alpha value is -2.36. The molecule has 0 fully saturated rings. The van der Waals surface area contributed by atoms with E-state index >= 15 is 0 Å². The van der Waals surface area contributed by atoms with Gasteiger partial charge in [0.05, 0.1) is 4.90 Å². The van der Waals surface area contributed by atoms with E-state index in [0.717, 1.165) is 16.9 Å². The van der Waals surface area contributed by atoms with E-state index in [0.29, 0.717) is 24.9 Å². The molecule has 2 rings (SSSR count). The fourth-order valence-corrected chi connectivity index (χ4v) is 3.82. The molecular weight excluding hydrogens is 422 g/mol. The van der Waals surface area contributed by atoms with Crippen molar-refractivity contribution in [2.75, 3.05) is 18.6 Å². The van der Waals surface area contributed by atoms with E-state index in [4.69, 9.17) is 5.14 Å². The molecule has 0 aromatic heterocycles. The van der Waals surface area contributed by atoms with Crippen molar-refractivity contribution < 1.29 is 18.0 Å². The van der Waals surface area contributed by atoms with Gasteiger partial charge in [-0.15, -0.1) is 0 Å². The van der Waals surface area contributed by atoms with Crippen LogP contribution in [0.15, 0.2) is 53.4 Å². The third kappa shape index (κ3) is 7.47. The SMILES string of the molecule is CSCCC(NC(=O)c1cccc(C)c1)C(=O)NCCc1ccc(S(N)(=O)=O)cc1. The van der Waals surface area contributed by atoms with Crippen molar-refractivity contribution in [2.24, 2.45) is 5.14 Å². The number of carbonyl (C=O) groups is 2. The van der Waals surface area contributed by atoms with Gasteiger partial charge in [0.2, 0.25) is 15.9 Å². The second-order valence-corrected chi connectivity index (χ2v) is 9.45. The predicted octanol–water partition coefficient (Wildman–Crippen LogP) is 1.85. The number of thioether (sulfide) groups is 1. The highest BCUT2D eigenvalue weighted by molar-refractivity contribution is 7.98. The molecule has 162 valence electrons. The second-order valence-electron chi connectivity index (χ2n) is 6.91. The number of aryl methyl sites for hydroxylation is 1. The largest absolute Gasteiger partial charge is 0.354 e. The lowest BCUT2D eigenvalue weighted by molar-refractivity contribution is -0.122. The highest BCUT2D eigenvalue weighted by atomic mass is 32.2. The van der Waals surface area contributed by atoms with Crippen LogP contribution in [-0.4, -0.2) is 44.8 Å². The quantitative estimate of drug-likeness (QED) is 0.512. The number of rotatable bonds is 10. The second kappa shape index (κ2) is 11.1. The summed E-state index contributed by atoms with van der Waals surface area (Å²) in [4.78, 5) is 25.2. The summed E-state index contributed by atoms with van der Waals surface area (Å²) in [7, 11) is -3.72. The topological polar surface area (TPSA) is 118 Å². The number of hydrogen-bond donors (Lipinski definition) is 3. The fourth-order valence-electron chi connectivity index (χ4n) is 2.83. The third-order valence-electron chi connectivity index (χ3n) is 4.48. The molecule has 0 saturated heterocycles. The molecule has 0 radical (unpaired) electrons. The van der Waals surface area contributed by atoms with Gasteiger partial charge in [0, 0.05) is 12.1 Å². The van der Waals surface area contributed by atoms with E-state index in [1.54, 1.807) is 36.0 Å². The lowest BCUT2D eigenvalue weighted by Gasteiger charge is -2.18. The lowest BCUT2D eigenvalue weighted by Crippen LogP contribution is -2.47. The number of nitrogens with two attached hydrogens (primary N) is 1. The van der Waals surface area contributed by atoms with Crippen molar-refractivity contribution >= 4 is 33.6 Å². The van der Waals surface area contributed by atoms with Crippen LogP contribution in [0.5, 0.6) is 0 Å². The Morgan fingerprint density at radius 1 is 1.13 bits per heavy atom. The first-order valence-electron chi connectivity index (χ1n) is 9.46. The van der Waals surface area contributed by atoms with Crippen molar-refractivity contribution in [1.29, 1.82) is 0 Å². The summed E-state index contributed by atoms with van der Waals surface area (Å²) < 4.78 is 22.6. The first-order chi connectivity index (χ1) is 14.2. The molecular formula is C21H27N3O4S2. The maximum atomic E-state index is 12.6. The van der Waals surface area contributed by atoms with Gasteiger partial charge in [0.1, 0.15) is 6.04 Å². The van der Waals surface area contributed by atoms with Gasteiger partial charge >= 0.3 is 0 Å². The highest BCUT2D eigenvalue weighted by Crippen LogP contribution is 2.10. The molecule has 7 nitrogen and oxygen atoms in total. The van der Waals surface area contributed by atoms with Crippen molar-refractivity contribution in [3.05, 3.63) is 65.2 Å². The number of sulfonamides is 1. The number of carbonyl (C=O) groups excluding carboxylic acids is 2. The summed E-state index contributed by atoms with van der Waals surface area (Å²) in [6, 6.07) is 12.8. The molecule has 0 heterocycles. The average Bonchev–Trinajstić information content (AvgIpc) is 2.70. The smallest absolute Gasteiger partial charge is 0.251 e.